The standard InChI is InChI=1S/C18H21ClN4O3/c1-13-12-16(21-26-13)20-17(24)6-7-22-8-10-23(11-9-22)18(25)14-2-4-15(19)5-3-14/h2-5,12H,6-11H2,1H3,(H,20,21,24). The van der Waals surface area contributed by atoms with Gasteiger partial charge in [-0.05, 0) is 31.2 Å². The van der Waals surface area contributed by atoms with Crippen molar-refractivity contribution in [3.05, 3.63) is 46.7 Å². The number of anilines is 1. The van der Waals surface area contributed by atoms with Crippen LogP contribution in [0.5, 0.6) is 0 Å². The van der Waals surface area contributed by atoms with E-state index >= 15 is 0 Å². The van der Waals surface area contributed by atoms with Crippen LogP contribution in [0.1, 0.15) is 22.5 Å². The molecule has 1 fully saturated rings. The number of amides is 2. The van der Waals surface area contributed by atoms with E-state index in [0.717, 1.165) is 13.1 Å². The van der Waals surface area contributed by atoms with Crippen LogP contribution in [0.2, 0.25) is 5.02 Å². The third-order valence-corrected chi connectivity index (χ3v) is 4.55. The molecule has 138 valence electrons. The molecule has 2 heterocycles. The van der Waals surface area contributed by atoms with Crippen molar-refractivity contribution in [3.63, 3.8) is 0 Å². The zero-order chi connectivity index (χ0) is 18.5. The summed E-state index contributed by atoms with van der Waals surface area (Å²) in [7, 11) is 0. The molecule has 0 unspecified atom stereocenters. The minimum atomic E-state index is -0.0991. The number of hydrogen-bond acceptors (Lipinski definition) is 5. The highest BCUT2D eigenvalue weighted by Gasteiger charge is 2.22. The summed E-state index contributed by atoms with van der Waals surface area (Å²) in [5.41, 5.74) is 0.644. The molecule has 1 saturated heterocycles. The van der Waals surface area contributed by atoms with Gasteiger partial charge in [-0.2, -0.15) is 0 Å². The summed E-state index contributed by atoms with van der Waals surface area (Å²) in [6.07, 6.45) is 0.372. The maximum atomic E-state index is 12.5. The molecule has 0 radical (unpaired) electrons. The normalized spacial score (nSPS) is 15.1. The summed E-state index contributed by atoms with van der Waals surface area (Å²) in [5.74, 6) is 1.01. The predicted molar refractivity (Wildman–Crippen MR) is 98.3 cm³/mol. The summed E-state index contributed by atoms with van der Waals surface area (Å²) >= 11 is 5.86. The number of nitrogens with zero attached hydrogens (tertiary/aromatic N) is 3. The van der Waals surface area contributed by atoms with E-state index in [1.54, 1.807) is 37.3 Å². The molecule has 1 aromatic heterocycles. The van der Waals surface area contributed by atoms with Gasteiger partial charge in [-0.15, -0.1) is 0 Å². The Labute approximate surface area is 156 Å². The topological polar surface area (TPSA) is 78.7 Å². The molecule has 0 bridgehead atoms. The van der Waals surface area contributed by atoms with Crippen LogP contribution < -0.4 is 5.32 Å². The molecule has 8 heteroatoms. The SMILES string of the molecule is Cc1cc(NC(=O)CCN2CCN(C(=O)c3ccc(Cl)cc3)CC2)no1. The second kappa shape index (κ2) is 8.33. The Kier molecular flexibility index (Phi) is 5.90. The van der Waals surface area contributed by atoms with Gasteiger partial charge >= 0.3 is 0 Å². The van der Waals surface area contributed by atoms with E-state index in [4.69, 9.17) is 16.1 Å². The Bertz CT molecular complexity index is 767. The number of benzene rings is 1. The fourth-order valence-corrected chi connectivity index (χ4v) is 2.97. The first-order chi connectivity index (χ1) is 12.5. The van der Waals surface area contributed by atoms with Gasteiger partial charge in [-0.1, -0.05) is 16.8 Å². The van der Waals surface area contributed by atoms with Gasteiger partial charge in [0.1, 0.15) is 5.76 Å². The molecule has 0 aliphatic carbocycles. The number of hydrogen-bond donors (Lipinski definition) is 1. The molecule has 0 spiro atoms. The van der Waals surface area contributed by atoms with Crippen LogP contribution in [0.3, 0.4) is 0 Å². The third-order valence-electron chi connectivity index (χ3n) is 4.30. The van der Waals surface area contributed by atoms with Gasteiger partial charge in [0.15, 0.2) is 5.82 Å². The molecule has 1 N–H and O–H groups in total. The van der Waals surface area contributed by atoms with Gasteiger partial charge in [-0.3, -0.25) is 14.5 Å². The Balaban J connectivity index is 1.41. The smallest absolute Gasteiger partial charge is 0.253 e. The average Bonchev–Trinajstić information content (AvgIpc) is 3.05. The van der Waals surface area contributed by atoms with Crippen LogP contribution in [-0.4, -0.2) is 59.5 Å². The first-order valence-corrected chi connectivity index (χ1v) is 8.89. The number of carbonyl (C=O) groups is 2. The molecule has 0 saturated carbocycles. The monoisotopic (exact) mass is 376 g/mol. The molecule has 2 amide bonds. The summed E-state index contributed by atoms with van der Waals surface area (Å²) < 4.78 is 4.92. The zero-order valence-corrected chi connectivity index (χ0v) is 15.3. The van der Waals surface area contributed by atoms with Crippen molar-refractivity contribution < 1.29 is 14.1 Å². The van der Waals surface area contributed by atoms with E-state index in [1.807, 2.05) is 4.90 Å². The van der Waals surface area contributed by atoms with Crippen LogP contribution in [-0.2, 0) is 4.79 Å². The van der Waals surface area contributed by atoms with E-state index in [-0.39, 0.29) is 11.8 Å². The summed E-state index contributed by atoms with van der Waals surface area (Å²) in [5, 5.41) is 7.07. The highest BCUT2D eigenvalue weighted by Crippen LogP contribution is 2.13. The number of aromatic nitrogens is 1. The Morgan fingerprint density at radius 1 is 1.19 bits per heavy atom. The fraction of sp³-hybridized carbons (Fsp3) is 0.389. The van der Waals surface area contributed by atoms with E-state index in [1.165, 1.54) is 0 Å². The molecule has 2 aromatic rings. The predicted octanol–water partition coefficient (Wildman–Crippen LogP) is 2.42. The summed E-state index contributed by atoms with van der Waals surface area (Å²) in [6.45, 7) is 5.20. The van der Waals surface area contributed by atoms with E-state index in [9.17, 15) is 9.59 Å². The lowest BCUT2D eigenvalue weighted by Crippen LogP contribution is -2.49. The second-order valence-electron chi connectivity index (χ2n) is 6.26. The largest absolute Gasteiger partial charge is 0.360 e. The second-order valence-corrected chi connectivity index (χ2v) is 6.70. The lowest BCUT2D eigenvalue weighted by Gasteiger charge is -2.34. The van der Waals surface area contributed by atoms with Crippen molar-refractivity contribution in [2.75, 3.05) is 38.0 Å². The first-order valence-electron chi connectivity index (χ1n) is 8.51. The van der Waals surface area contributed by atoms with E-state index in [2.05, 4.69) is 15.4 Å². The molecule has 3 rings (SSSR count). The van der Waals surface area contributed by atoms with Crippen LogP contribution >= 0.6 is 11.6 Å². The van der Waals surface area contributed by atoms with Crippen LogP contribution in [0.25, 0.3) is 0 Å². The first kappa shape index (κ1) is 18.4. The molecular weight excluding hydrogens is 356 g/mol. The Morgan fingerprint density at radius 3 is 2.50 bits per heavy atom. The van der Waals surface area contributed by atoms with Gasteiger partial charge in [0.25, 0.3) is 5.91 Å². The molecule has 7 nitrogen and oxygen atoms in total. The fourth-order valence-electron chi connectivity index (χ4n) is 2.84. The maximum absolute atomic E-state index is 12.5. The number of aryl methyl sites for hydroxylation is 1. The number of halogens is 1. The van der Waals surface area contributed by atoms with Gasteiger partial charge in [-0.25, -0.2) is 0 Å². The van der Waals surface area contributed by atoms with Crippen molar-refractivity contribution in [2.45, 2.75) is 13.3 Å². The van der Waals surface area contributed by atoms with E-state index < -0.39 is 0 Å². The van der Waals surface area contributed by atoms with Crippen molar-refractivity contribution in [1.29, 1.82) is 0 Å². The molecule has 1 aromatic carbocycles. The number of nitrogens with one attached hydrogen (secondary N) is 1. The zero-order valence-electron chi connectivity index (χ0n) is 14.6. The molecule has 1 aliphatic heterocycles. The van der Waals surface area contributed by atoms with Gasteiger partial charge in [0, 0.05) is 55.8 Å². The number of carbonyl (C=O) groups excluding carboxylic acids is 2. The van der Waals surface area contributed by atoms with Gasteiger partial charge in [0.05, 0.1) is 0 Å². The Hall–Kier alpha value is -2.38. The molecule has 26 heavy (non-hydrogen) atoms. The van der Waals surface area contributed by atoms with Gasteiger partial charge in [0.2, 0.25) is 5.91 Å². The van der Waals surface area contributed by atoms with Crippen molar-refractivity contribution in [2.24, 2.45) is 0 Å². The quantitative estimate of drug-likeness (QED) is 0.867. The Morgan fingerprint density at radius 2 is 1.88 bits per heavy atom. The third kappa shape index (κ3) is 4.83. The van der Waals surface area contributed by atoms with Crippen molar-refractivity contribution in [1.82, 2.24) is 15.0 Å². The minimum absolute atomic E-state index is 0.0143. The summed E-state index contributed by atoms with van der Waals surface area (Å²) in [6, 6.07) is 8.61. The lowest BCUT2D eigenvalue weighted by atomic mass is 10.2. The van der Waals surface area contributed by atoms with Gasteiger partial charge < -0.3 is 14.7 Å². The average molecular weight is 377 g/mol. The summed E-state index contributed by atoms with van der Waals surface area (Å²) in [4.78, 5) is 28.4. The maximum Gasteiger partial charge on any atom is 0.253 e. The van der Waals surface area contributed by atoms with Crippen molar-refractivity contribution >= 4 is 29.2 Å². The minimum Gasteiger partial charge on any atom is -0.360 e. The molecule has 0 atom stereocenters. The molecular formula is C18H21ClN4O3. The number of rotatable bonds is 5. The van der Waals surface area contributed by atoms with Crippen LogP contribution in [0.4, 0.5) is 5.82 Å². The number of piperazine rings is 1. The highest BCUT2D eigenvalue weighted by atomic mass is 35.5. The van der Waals surface area contributed by atoms with E-state index in [0.29, 0.717) is 48.2 Å². The van der Waals surface area contributed by atoms with Crippen LogP contribution in [0, 0.1) is 6.92 Å². The molecule has 1 aliphatic rings. The van der Waals surface area contributed by atoms with Crippen LogP contribution in [0.15, 0.2) is 34.9 Å². The van der Waals surface area contributed by atoms with Crippen molar-refractivity contribution in [3.8, 4) is 0 Å². The lowest BCUT2D eigenvalue weighted by molar-refractivity contribution is -0.116. The highest BCUT2D eigenvalue weighted by molar-refractivity contribution is 6.30.